The summed E-state index contributed by atoms with van der Waals surface area (Å²) in [5, 5.41) is 11.9. The first-order valence-electron chi connectivity index (χ1n) is 7.55. The molecule has 7 nitrogen and oxygen atoms in total. The fraction of sp³-hybridized carbons (Fsp3) is 0.188. The second kappa shape index (κ2) is 8.21. The molecule has 25 heavy (non-hydrogen) atoms. The smallest absolute Gasteiger partial charge is 0.234 e. The summed E-state index contributed by atoms with van der Waals surface area (Å²) < 4.78 is 2.69. The third kappa shape index (κ3) is 4.43. The van der Waals surface area contributed by atoms with Gasteiger partial charge < -0.3 is 9.88 Å². The number of anilines is 1. The summed E-state index contributed by atoms with van der Waals surface area (Å²) in [6.45, 7) is 2.72. The molecule has 0 bridgehead atoms. The number of nitrogens with one attached hydrogen (secondary N) is 1. The molecule has 0 fully saturated rings. The molecule has 0 aliphatic heterocycles. The first kappa shape index (κ1) is 17.6. The van der Waals surface area contributed by atoms with Crippen molar-refractivity contribution in [3.8, 4) is 11.4 Å². The van der Waals surface area contributed by atoms with E-state index in [-0.39, 0.29) is 11.7 Å². The molecular formula is C16H15BrN6OS. The highest BCUT2D eigenvalue weighted by atomic mass is 79.9. The normalized spacial score (nSPS) is 10.6. The molecule has 0 radical (unpaired) electrons. The largest absolute Gasteiger partial charge is 0.324 e. The van der Waals surface area contributed by atoms with Crippen molar-refractivity contribution in [1.29, 1.82) is 0 Å². The van der Waals surface area contributed by atoms with Crippen molar-refractivity contribution in [2.45, 2.75) is 18.6 Å². The van der Waals surface area contributed by atoms with Crippen molar-refractivity contribution in [2.24, 2.45) is 0 Å². The van der Waals surface area contributed by atoms with Crippen LogP contribution in [0.5, 0.6) is 0 Å². The maximum atomic E-state index is 12.1. The van der Waals surface area contributed by atoms with E-state index in [0.29, 0.717) is 17.4 Å². The fourth-order valence-electron chi connectivity index (χ4n) is 2.17. The highest BCUT2D eigenvalue weighted by Gasteiger charge is 2.14. The third-order valence-electron chi connectivity index (χ3n) is 3.30. The zero-order valence-electron chi connectivity index (χ0n) is 13.4. The van der Waals surface area contributed by atoms with Crippen molar-refractivity contribution in [1.82, 2.24) is 24.7 Å². The van der Waals surface area contributed by atoms with Gasteiger partial charge in [0.25, 0.3) is 0 Å². The van der Waals surface area contributed by atoms with Crippen LogP contribution in [0.4, 0.5) is 5.69 Å². The van der Waals surface area contributed by atoms with E-state index in [0.717, 1.165) is 16.0 Å². The van der Waals surface area contributed by atoms with Crippen LogP contribution in [0, 0.1) is 0 Å². The Balaban J connectivity index is 1.66. The molecule has 0 aliphatic carbocycles. The average molecular weight is 419 g/mol. The van der Waals surface area contributed by atoms with E-state index in [1.165, 1.54) is 11.8 Å². The number of pyridine rings is 2. The van der Waals surface area contributed by atoms with Crippen LogP contribution in [0.1, 0.15) is 6.92 Å². The summed E-state index contributed by atoms with van der Waals surface area (Å²) in [5.41, 5.74) is 1.55. The van der Waals surface area contributed by atoms with Crippen LogP contribution in [0.15, 0.2) is 52.6 Å². The number of aromatic nitrogens is 5. The van der Waals surface area contributed by atoms with E-state index in [1.54, 1.807) is 30.7 Å². The number of rotatable bonds is 6. The van der Waals surface area contributed by atoms with Crippen LogP contribution in [-0.2, 0) is 11.3 Å². The summed E-state index contributed by atoms with van der Waals surface area (Å²) >= 11 is 4.60. The molecule has 9 heteroatoms. The van der Waals surface area contributed by atoms with Crippen LogP contribution in [0.25, 0.3) is 11.4 Å². The summed E-state index contributed by atoms with van der Waals surface area (Å²) in [6.07, 6.45) is 5.06. The van der Waals surface area contributed by atoms with Crippen molar-refractivity contribution in [3.05, 3.63) is 47.5 Å². The number of hydrogen-bond donors (Lipinski definition) is 1. The SMILES string of the molecule is CCn1c(SCC(=O)Nc2ccc(Br)nc2)nnc1-c1cccnc1. The highest BCUT2D eigenvalue weighted by Crippen LogP contribution is 2.23. The Hall–Kier alpha value is -2.26. The van der Waals surface area contributed by atoms with Gasteiger partial charge in [-0.15, -0.1) is 10.2 Å². The van der Waals surface area contributed by atoms with Crippen molar-refractivity contribution in [3.63, 3.8) is 0 Å². The molecule has 3 aromatic rings. The van der Waals surface area contributed by atoms with Gasteiger partial charge in [0.1, 0.15) is 4.60 Å². The zero-order valence-corrected chi connectivity index (χ0v) is 15.8. The number of amides is 1. The molecule has 0 atom stereocenters. The molecule has 0 aromatic carbocycles. The monoisotopic (exact) mass is 418 g/mol. The number of carbonyl (C=O) groups excluding carboxylic acids is 1. The Morgan fingerprint density at radius 3 is 2.84 bits per heavy atom. The van der Waals surface area contributed by atoms with E-state index >= 15 is 0 Å². The van der Waals surface area contributed by atoms with Gasteiger partial charge >= 0.3 is 0 Å². The van der Waals surface area contributed by atoms with Gasteiger partial charge in [-0.05, 0) is 47.1 Å². The molecular weight excluding hydrogens is 404 g/mol. The molecule has 3 aromatic heterocycles. The summed E-state index contributed by atoms with van der Waals surface area (Å²) in [6, 6.07) is 7.35. The third-order valence-corrected chi connectivity index (χ3v) is 4.73. The van der Waals surface area contributed by atoms with Crippen molar-refractivity contribution >= 4 is 39.3 Å². The maximum absolute atomic E-state index is 12.1. The Labute approximate surface area is 157 Å². The van der Waals surface area contributed by atoms with Crippen molar-refractivity contribution in [2.75, 3.05) is 11.1 Å². The van der Waals surface area contributed by atoms with E-state index in [2.05, 4.69) is 41.4 Å². The molecule has 1 N–H and O–H groups in total. The van der Waals surface area contributed by atoms with Gasteiger partial charge in [0.15, 0.2) is 11.0 Å². The molecule has 1 amide bonds. The topological polar surface area (TPSA) is 85.6 Å². The van der Waals surface area contributed by atoms with Gasteiger partial charge in [0.05, 0.1) is 17.6 Å². The summed E-state index contributed by atoms with van der Waals surface area (Å²) in [4.78, 5) is 20.3. The minimum atomic E-state index is -0.122. The van der Waals surface area contributed by atoms with Crippen molar-refractivity contribution < 1.29 is 4.79 Å². The average Bonchev–Trinajstić information content (AvgIpc) is 3.05. The Bertz CT molecular complexity index is 853. The minimum absolute atomic E-state index is 0.122. The maximum Gasteiger partial charge on any atom is 0.234 e. The van der Waals surface area contributed by atoms with Gasteiger partial charge in [-0.25, -0.2) is 4.98 Å². The lowest BCUT2D eigenvalue weighted by Crippen LogP contribution is -2.14. The molecule has 128 valence electrons. The van der Waals surface area contributed by atoms with Gasteiger partial charge in [0.2, 0.25) is 5.91 Å². The molecule has 0 aliphatic rings. The van der Waals surface area contributed by atoms with Gasteiger partial charge in [-0.1, -0.05) is 11.8 Å². The van der Waals surface area contributed by atoms with E-state index in [4.69, 9.17) is 0 Å². The molecule has 3 rings (SSSR count). The Kier molecular flexibility index (Phi) is 5.77. The van der Waals surface area contributed by atoms with Gasteiger partial charge in [-0.3, -0.25) is 9.78 Å². The van der Waals surface area contributed by atoms with E-state index < -0.39 is 0 Å². The molecule has 0 unspecified atom stereocenters. The Morgan fingerprint density at radius 1 is 1.28 bits per heavy atom. The first-order chi connectivity index (χ1) is 12.2. The Morgan fingerprint density at radius 2 is 2.16 bits per heavy atom. The molecule has 0 saturated heterocycles. The summed E-state index contributed by atoms with van der Waals surface area (Å²) in [5.74, 6) is 0.861. The van der Waals surface area contributed by atoms with Gasteiger partial charge in [0, 0.05) is 24.5 Å². The number of nitrogens with zero attached hydrogens (tertiary/aromatic N) is 5. The van der Waals surface area contributed by atoms with E-state index in [1.807, 2.05) is 23.6 Å². The zero-order chi connectivity index (χ0) is 17.6. The highest BCUT2D eigenvalue weighted by molar-refractivity contribution is 9.10. The number of halogens is 1. The van der Waals surface area contributed by atoms with Crippen LogP contribution >= 0.6 is 27.7 Å². The molecule has 3 heterocycles. The molecule has 0 saturated carbocycles. The summed E-state index contributed by atoms with van der Waals surface area (Å²) in [7, 11) is 0. The van der Waals surface area contributed by atoms with Crippen LogP contribution in [0.3, 0.4) is 0 Å². The predicted molar refractivity (Wildman–Crippen MR) is 100 cm³/mol. The lowest BCUT2D eigenvalue weighted by molar-refractivity contribution is -0.113. The lowest BCUT2D eigenvalue weighted by Gasteiger charge is -2.07. The van der Waals surface area contributed by atoms with Crippen LogP contribution in [0.2, 0.25) is 0 Å². The quantitative estimate of drug-likeness (QED) is 0.488. The van der Waals surface area contributed by atoms with Crippen LogP contribution < -0.4 is 5.32 Å². The standard InChI is InChI=1S/C16H15BrN6OS/c1-2-23-15(11-4-3-7-18-8-11)21-22-16(23)25-10-14(24)20-12-5-6-13(17)19-9-12/h3-9H,2,10H2,1H3,(H,20,24). The fourth-order valence-corrected chi connectivity index (χ4v) is 3.20. The predicted octanol–water partition coefficient (Wildman–Crippen LogP) is 3.25. The first-order valence-corrected chi connectivity index (χ1v) is 9.33. The lowest BCUT2D eigenvalue weighted by atomic mass is 10.3. The number of carbonyl (C=O) groups is 1. The number of hydrogen-bond acceptors (Lipinski definition) is 6. The van der Waals surface area contributed by atoms with Gasteiger partial charge in [-0.2, -0.15) is 0 Å². The van der Waals surface area contributed by atoms with Crippen LogP contribution in [-0.4, -0.2) is 36.4 Å². The second-order valence-corrected chi connectivity index (χ2v) is 6.75. The second-order valence-electron chi connectivity index (χ2n) is 5.00. The molecule has 0 spiro atoms. The minimum Gasteiger partial charge on any atom is -0.324 e. The number of thioether (sulfide) groups is 1. The van der Waals surface area contributed by atoms with E-state index in [9.17, 15) is 4.79 Å².